The molecular weight excluding hydrogens is 396 g/mol. The molecule has 0 aromatic rings. The van der Waals surface area contributed by atoms with Gasteiger partial charge in [-0.1, -0.05) is 97.3 Å². The minimum Gasteiger partial charge on any atom is -0.481 e. The molecule has 0 heterocycles. The van der Waals surface area contributed by atoms with E-state index in [2.05, 4.69) is 6.92 Å². The van der Waals surface area contributed by atoms with Gasteiger partial charge in [-0.05, 0) is 25.2 Å². The molecule has 31 heavy (non-hydrogen) atoms. The van der Waals surface area contributed by atoms with Crippen LogP contribution in [0.2, 0.25) is 0 Å². The lowest BCUT2D eigenvalue weighted by molar-refractivity contribution is -0.171. The minimum atomic E-state index is -2.02. The number of hydrogen-bond acceptors (Lipinski definition) is 4. The highest BCUT2D eigenvalue weighted by Gasteiger charge is 2.42. The van der Waals surface area contributed by atoms with Crippen LogP contribution in [0.4, 0.5) is 0 Å². The van der Waals surface area contributed by atoms with E-state index in [4.69, 9.17) is 5.11 Å². The van der Waals surface area contributed by atoms with E-state index in [0.29, 0.717) is 25.2 Å². The molecule has 0 aliphatic carbocycles. The topological polar surface area (TPSA) is 115 Å². The molecule has 0 saturated heterocycles. The number of carbonyl (C=O) groups is 2. The molecule has 184 valence electrons. The molecular formula is C25H48O6. The van der Waals surface area contributed by atoms with Gasteiger partial charge in [-0.2, -0.15) is 0 Å². The molecule has 0 aliphatic heterocycles. The number of aliphatic hydroxyl groups is 2. The zero-order chi connectivity index (χ0) is 23.5. The van der Waals surface area contributed by atoms with E-state index in [1.54, 1.807) is 0 Å². The Balaban J connectivity index is 3.74. The van der Waals surface area contributed by atoms with Crippen LogP contribution >= 0.6 is 0 Å². The average molecular weight is 445 g/mol. The van der Waals surface area contributed by atoms with Crippen molar-refractivity contribution in [3.05, 3.63) is 0 Å². The first kappa shape index (κ1) is 29.9. The van der Waals surface area contributed by atoms with Gasteiger partial charge in [0.15, 0.2) is 5.60 Å². The number of aliphatic carboxylic acids is 2. The Bertz CT molecular complexity index is 467. The molecule has 0 amide bonds. The summed E-state index contributed by atoms with van der Waals surface area (Å²) in [7, 11) is 0. The minimum absolute atomic E-state index is 0.297. The first-order valence-corrected chi connectivity index (χ1v) is 12.6. The maximum atomic E-state index is 11.4. The molecule has 0 rings (SSSR count). The lowest BCUT2D eigenvalue weighted by Crippen LogP contribution is -2.49. The average Bonchev–Trinajstić information content (AvgIpc) is 2.73. The zero-order valence-corrected chi connectivity index (χ0v) is 20.0. The Morgan fingerprint density at radius 3 is 1.65 bits per heavy atom. The van der Waals surface area contributed by atoms with Gasteiger partial charge in [0.1, 0.15) is 0 Å². The Morgan fingerprint density at radius 1 is 0.742 bits per heavy atom. The number of carboxylic acids is 2. The Hall–Kier alpha value is -1.14. The van der Waals surface area contributed by atoms with Gasteiger partial charge in [0, 0.05) is 12.3 Å². The highest BCUT2D eigenvalue weighted by atomic mass is 16.4. The van der Waals surface area contributed by atoms with Crippen molar-refractivity contribution in [2.24, 2.45) is 11.8 Å². The first-order valence-electron chi connectivity index (χ1n) is 12.6. The lowest BCUT2D eigenvalue weighted by atomic mass is 9.79. The number of aliphatic hydroxyl groups excluding tert-OH is 1. The second-order valence-corrected chi connectivity index (χ2v) is 9.38. The Morgan fingerprint density at radius 2 is 1.23 bits per heavy atom. The second-order valence-electron chi connectivity index (χ2n) is 9.38. The summed E-state index contributed by atoms with van der Waals surface area (Å²) < 4.78 is 0. The van der Waals surface area contributed by atoms with Crippen molar-refractivity contribution in [3.63, 3.8) is 0 Å². The number of rotatable bonds is 22. The van der Waals surface area contributed by atoms with Gasteiger partial charge in [0.2, 0.25) is 0 Å². The summed E-state index contributed by atoms with van der Waals surface area (Å²) in [4.78, 5) is 21.8. The maximum absolute atomic E-state index is 11.4. The van der Waals surface area contributed by atoms with Gasteiger partial charge in [0.05, 0.1) is 6.61 Å². The van der Waals surface area contributed by atoms with Crippen molar-refractivity contribution in [2.75, 3.05) is 6.61 Å². The number of carboxylic acid groups (broad SMARTS) is 2. The van der Waals surface area contributed by atoms with E-state index in [9.17, 15) is 24.9 Å². The van der Waals surface area contributed by atoms with E-state index in [1.807, 2.05) is 6.92 Å². The van der Waals surface area contributed by atoms with Crippen LogP contribution in [-0.4, -0.2) is 44.6 Å². The van der Waals surface area contributed by atoms with Crippen molar-refractivity contribution >= 4 is 11.9 Å². The summed E-state index contributed by atoms with van der Waals surface area (Å²) in [5.74, 6) is -1.92. The molecule has 4 N–H and O–H groups in total. The summed E-state index contributed by atoms with van der Waals surface area (Å²) in [5, 5.41) is 37.7. The van der Waals surface area contributed by atoms with Gasteiger partial charge in [-0.3, -0.25) is 4.79 Å². The molecule has 3 unspecified atom stereocenters. The van der Waals surface area contributed by atoms with E-state index in [-0.39, 0.29) is 0 Å². The van der Waals surface area contributed by atoms with Crippen LogP contribution in [0.3, 0.4) is 0 Å². The molecule has 0 aromatic carbocycles. The normalized spacial score (nSPS) is 15.4. The van der Waals surface area contributed by atoms with Crippen molar-refractivity contribution in [3.8, 4) is 0 Å². The SMILES string of the molecule is CCCC(CCC(C)CCCCCCCCCCCCCC(=O)O)C(O)(CO)C(=O)O. The van der Waals surface area contributed by atoms with Crippen LogP contribution in [0.1, 0.15) is 123 Å². The summed E-state index contributed by atoms with van der Waals surface area (Å²) in [5.41, 5.74) is -2.02. The Labute approximate surface area is 189 Å². The van der Waals surface area contributed by atoms with Gasteiger partial charge < -0.3 is 20.4 Å². The van der Waals surface area contributed by atoms with E-state index in [1.165, 1.54) is 51.4 Å². The fourth-order valence-electron chi connectivity index (χ4n) is 4.33. The van der Waals surface area contributed by atoms with E-state index >= 15 is 0 Å². The van der Waals surface area contributed by atoms with Crippen LogP contribution in [-0.2, 0) is 9.59 Å². The van der Waals surface area contributed by atoms with Crippen molar-refractivity contribution < 1.29 is 30.0 Å². The van der Waals surface area contributed by atoms with Crippen LogP contribution in [0.5, 0.6) is 0 Å². The molecule has 0 bridgehead atoms. The highest BCUT2D eigenvalue weighted by Crippen LogP contribution is 2.30. The zero-order valence-electron chi connectivity index (χ0n) is 20.0. The highest BCUT2D eigenvalue weighted by molar-refractivity contribution is 5.77. The summed E-state index contributed by atoms with van der Waals surface area (Å²) in [6.07, 6.45) is 17.3. The smallest absolute Gasteiger partial charge is 0.338 e. The molecule has 0 fully saturated rings. The molecule has 0 aliphatic rings. The summed E-state index contributed by atoms with van der Waals surface area (Å²) in [6.45, 7) is 3.43. The Kier molecular flexibility index (Phi) is 17.8. The monoisotopic (exact) mass is 444 g/mol. The van der Waals surface area contributed by atoms with Crippen molar-refractivity contribution in [2.45, 2.75) is 129 Å². The third kappa shape index (κ3) is 14.5. The van der Waals surface area contributed by atoms with E-state index < -0.39 is 30.1 Å². The third-order valence-electron chi connectivity index (χ3n) is 6.52. The van der Waals surface area contributed by atoms with Gasteiger partial charge in [-0.15, -0.1) is 0 Å². The predicted octanol–water partition coefficient (Wildman–Crippen LogP) is 5.78. The van der Waals surface area contributed by atoms with Crippen molar-refractivity contribution in [1.82, 2.24) is 0 Å². The first-order chi connectivity index (χ1) is 14.8. The second kappa shape index (κ2) is 18.4. The molecule has 6 nitrogen and oxygen atoms in total. The van der Waals surface area contributed by atoms with E-state index in [0.717, 1.165) is 38.5 Å². The largest absolute Gasteiger partial charge is 0.481 e. The molecule has 0 saturated carbocycles. The molecule has 0 radical (unpaired) electrons. The maximum Gasteiger partial charge on any atom is 0.338 e. The standard InChI is InChI=1S/C25H48O6/c1-3-15-22(25(31,20-26)24(29)30)19-18-21(2)16-13-11-9-7-5-4-6-8-10-12-14-17-23(27)28/h21-22,26,31H,3-20H2,1-2H3,(H,27,28)(H,29,30). The number of hydrogen-bond donors (Lipinski definition) is 4. The van der Waals surface area contributed by atoms with Gasteiger partial charge in [-0.25, -0.2) is 4.79 Å². The van der Waals surface area contributed by atoms with Gasteiger partial charge in [0.25, 0.3) is 0 Å². The summed E-state index contributed by atoms with van der Waals surface area (Å²) in [6, 6.07) is 0. The summed E-state index contributed by atoms with van der Waals surface area (Å²) >= 11 is 0. The predicted molar refractivity (Wildman–Crippen MR) is 124 cm³/mol. The lowest BCUT2D eigenvalue weighted by Gasteiger charge is -2.31. The molecule has 0 aromatic heterocycles. The fourth-order valence-corrected chi connectivity index (χ4v) is 4.33. The van der Waals surface area contributed by atoms with Crippen LogP contribution < -0.4 is 0 Å². The fraction of sp³-hybridized carbons (Fsp3) is 0.920. The number of unbranched alkanes of at least 4 members (excludes halogenated alkanes) is 10. The molecule has 3 atom stereocenters. The van der Waals surface area contributed by atoms with Crippen LogP contribution in [0.15, 0.2) is 0 Å². The van der Waals surface area contributed by atoms with Crippen molar-refractivity contribution in [1.29, 1.82) is 0 Å². The van der Waals surface area contributed by atoms with Crippen LogP contribution in [0, 0.1) is 11.8 Å². The van der Waals surface area contributed by atoms with Crippen LogP contribution in [0.25, 0.3) is 0 Å². The third-order valence-corrected chi connectivity index (χ3v) is 6.52. The molecule has 0 spiro atoms. The molecule has 6 heteroatoms. The quantitative estimate of drug-likeness (QED) is 0.157. The van der Waals surface area contributed by atoms with Gasteiger partial charge >= 0.3 is 11.9 Å².